The van der Waals surface area contributed by atoms with Gasteiger partial charge in [0.25, 0.3) is 0 Å². The molecule has 2 atom stereocenters. The highest BCUT2D eigenvalue weighted by Gasteiger charge is 2.36. The van der Waals surface area contributed by atoms with Crippen molar-refractivity contribution in [2.75, 3.05) is 19.6 Å². The van der Waals surface area contributed by atoms with Crippen molar-refractivity contribution < 1.29 is 14.3 Å². The first kappa shape index (κ1) is 22.9. The van der Waals surface area contributed by atoms with Crippen LogP contribution in [-0.2, 0) is 11.3 Å². The molecule has 5 nitrogen and oxygen atoms in total. The molecule has 3 aliphatic heterocycles. The maximum Gasteiger partial charge on any atom is 0.408 e. The van der Waals surface area contributed by atoms with Gasteiger partial charge < -0.3 is 14.8 Å². The first-order chi connectivity index (χ1) is 16.6. The summed E-state index contributed by atoms with van der Waals surface area (Å²) < 4.78 is 13.0. The second kappa shape index (κ2) is 10.6. The summed E-state index contributed by atoms with van der Waals surface area (Å²) in [7, 11) is 0. The Morgan fingerprint density at radius 2 is 1.71 bits per heavy atom. The van der Waals surface area contributed by atoms with Gasteiger partial charge in [0.15, 0.2) is 0 Å². The molecule has 0 radical (unpaired) electrons. The van der Waals surface area contributed by atoms with E-state index in [4.69, 9.17) is 9.47 Å². The molecule has 2 unspecified atom stereocenters. The van der Waals surface area contributed by atoms with Crippen LogP contribution in [0.15, 0.2) is 83.3 Å². The minimum Gasteiger partial charge on any atom is -0.489 e. The zero-order valence-corrected chi connectivity index (χ0v) is 20.6. The Bertz CT molecular complexity index is 1100. The van der Waals surface area contributed by atoms with Crippen LogP contribution >= 0.6 is 15.9 Å². The number of fused-ring (bicyclic) bond motifs is 3. The molecule has 0 aliphatic carbocycles. The Morgan fingerprint density at radius 1 is 0.971 bits per heavy atom. The SMILES string of the molecule is O=C(NC(c1ccccc1)c1cccc(OCc2ccc(Br)cc2)c1)OC1CN2CCC1CC2. The third-order valence-corrected chi connectivity index (χ3v) is 7.29. The summed E-state index contributed by atoms with van der Waals surface area (Å²) in [5, 5.41) is 3.12. The van der Waals surface area contributed by atoms with Crippen molar-refractivity contribution in [1.29, 1.82) is 0 Å². The largest absolute Gasteiger partial charge is 0.489 e. The van der Waals surface area contributed by atoms with Gasteiger partial charge in [0.05, 0.1) is 6.04 Å². The summed E-state index contributed by atoms with van der Waals surface area (Å²) in [6, 6.07) is 25.6. The number of rotatable bonds is 7. The quantitative estimate of drug-likeness (QED) is 0.418. The molecular weight excluding hydrogens is 492 g/mol. The van der Waals surface area contributed by atoms with Crippen molar-refractivity contribution in [3.8, 4) is 5.75 Å². The van der Waals surface area contributed by atoms with Crippen LogP contribution < -0.4 is 10.1 Å². The molecule has 1 amide bonds. The summed E-state index contributed by atoms with van der Waals surface area (Å²) in [6.45, 7) is 3.55. The summed E-state index contributed by atoms with van der Waals surface area (Å²) in [5.74, 6) is 1.23. The van der Waals surface area contributed by atoms with E-state index in [-0.39, 0.29) is 18.2 Å². The maximum absolute atomic E-state index is 13.0. The highest BCUT2D eigenvalue weighted by Crippen LogP contribution is 2.30. The number of ether oxygens (including phenoxy) is 2. The van der Waals surface area contributed by atoms with Gasteiger partial charge in [0.2, 0.25) is 0 Å². The van der Waals surface area contributed by atoms with Crippen LogP contribution in [0.3, 0.4) is 0 Å². The molecule has 0 aromatic heterocycles. The monoisotopic (exact) mass is 520 g/mol. The first-order valence-corrected chi connectivity index (χ1v) is 12.6. The van der Waals surface area contributed by atoms with Gasteiger partial charge in [0.1, 0.15) is 18.5 Å². The fourth-order valence-corrected chi connectivity index (χ4v) is 5.13. The predicted molar refractivity (Wildman–Crippen MR) is 136 cm³/mol. The van der Waals surface area contributed by atoms with Gasteiger partial charge >= 0.3 is 6.09 Å². The molecule has 3 saturated heterocycles. The zero-order chi connectivity index (χ0) is 23.3. The summed E-state index contributed by atoms with van der Waals surface area (Å²) in [6.07, 6.45) is 1.82. The minimum atomic E-state index is -0.367. The lowest BCUT2D eigenvalue weighted by Crippen LogP contribution is -2.52. The third-order valence-electron chi connectivity index (χ3n) is 6.76. The maximum atomic E-state index is 13.0. The van der Waals surface area contributed by atoms with Crippen LogP contribution in [0.5, 0.6) is 5.75 Å². The van der Waals surface area contributed by atoms with Crippen molar-refractivity contribution in [3.63, 3.8) is 0 Å². The lowest BCUT2D eigenvalue weighted by Gasteiger charge is -2.43. The zero-order valence-electron chi connectivity index (χ0n) is 19.0. The van der Waals surface area contributed by atoms with Crippen molar-refractivity contribution >= 4 is 22.0 Å². The van der Waals surface area contributed by atoms with E-state index in [9.17, 15) is 4.79 Å². The summed E-state index contributed by atoms with van der Waals surface area (Å²) >= 11 is 3.46. The fourth-order valence-electron chi connectivity index (χ4n) is 4.87. The molecule has 3 fully saturated rings. The van der Waals surface area contributed by atoms with Gasteiger partial charge in [-0.25, -0.2) is 4.79 Å². The Balaban J connectivity index is 1.30. The molecule has 34 heavy (non-hydrogen) atoms. The molecule has 3 aliphatic rings. The highest BCUT2D eigenvalue weighted by molar-refractivity contribution is 9.10. The standard InChI is InChI=1S/C28H29BrN2O3/c29-24-11-9-20(10-12-24)19-33-25-8-4-7-23(17-25)27(22-5-2-1-3-6-22)30-28(32)34-26-18-31-15-13-21(26)14-16-31/h1-12,17,21,26-27H,13-16,18-19H2,(H,30,32). The van der Waals surface area contributed by atoms with E-state index in [1.165, 1.54) is 0 Å². The number of hydrogen-bond donors (Lipinski definition) is 1. The van der Waals surface area contributed by atoms with Crippen molar-refractivity contribution in [2.24, 2.45) is 5.92 Å². The number of carbonyl (C=O) groups is 1. The van der Waals surface area contributed by atoms with Crippen LogP contribution in [0.2, 0.25) is 0 Å². The number of hydrogen-bond acceptors (Lipinski definition) is 4. The lowest BCUT2D eigenvalue weighted by atomic mass is 9.86. The van der Waals surface area contributed by atoms with Crippen LogP contribution in [0.25, 0.3) is 0 Å². The smallest absolute Gasteiger partial charge is 0.408 e. The van der Waals surface area contributed by atoms with E-state index >= 15 is 0 Å². The number of nitrogens with zero attached hydrogens (tertiary/aromatic N) is 1. The molecule has 0 spiro atoms. The number of benzene rings is 3. The summed E-state index contributed by atoms with van der Waals surface area (Å²) in [5.41, 5.74) is 3.04. The average molecular weight is 521 g/mol. The minimum absolute atomic E-state index is 0.0282. The number of amides is 1. The normalized spacial score (nSPS) is 22.1. The Morgan fingerprint density at radius 3 is 2.41 bits per heavy atom. The van der Waals surface area contributed by atoms with Crippen LogP contribution in [-0.4, -0.2) is 36.7 Å². The van der Waals surface area contributed by atoms with E-state index in [0.717, 1.165) is 59.4 Å². The lowest BCUT2D eigenvalue weighted by molar-refractivity contribution is -0.0336. The van der Waals surface area contributed by atoms with Gasteiger partial charge in [0, 0.05) is 11.0 Å². The van der Waals surface area contributed by atoms with Gasteiger partial charge in [-0.3, -0.25) is 4.90 Å². The van der Waals surface area contributed by atoms with Crippen molar-refractivity contribution in [2.45, 2.75) is 31.6 Å². The molecular formula is C28H29BrN2O3. The molecule has 3 aromatic carbocycles. The first-order valence-electron chi connectivity index (χ1n) is 11.9. The molecule has 6 heteroatoms. The van der Waals surface area contributed by atoms with Crippen LogP contribution in [0.1, 0.15) is 35.6 Å². The van der Waals surface area contributed by atoms with E-state index < -0.39 is 0 Å². The molecule has 1 N–H and O–H groups in total. The van der Waals surface area contributed by atoms with Crippen molar-refractivity contribution in [1.82, 2.24) is 10.2 Å². The van der Waals surface area contributed by atoms with E-state index in [2.05, 4.69) is 26.1 Å². The van der Waals surface area contributed by atoms with Crippen LogP contribution in [0, 0.1) is 5.92 Å². The number of piperidine rings is 3. The predicted octanol–water partition coefficient (Wildman–Crippen LogP) is 5.94. The van der Waals surface area contributed by atoms with Gasteiger partial charge in [-0.05, 0) is 72.8 Å². The number of halogens is 1. The molecule has 3 aromatic rings. The Hall–Kier alpha value is -2.83. The van der Waals surface area contributed by atoms with Gasteiger partial charge in [-0.1, -0.05) is 70.5 Å². The molecule has 2 bridgehead atoms. The molecule has 176 valence electrons. The van der Waals surface area contributed by atoms with E-state index in [0.29, 0.717) is 12.5 Å². The highest BCUT2D eigenvalue weighted by atomic mass is 79.9. The molecule has 6 rings (SSSR count). The van der Waals surface area contributed by atoms with Crippen LogP contribution in [0.4, 0.5) is 4.79 Å². The Labute approximate surface area is 209 Å². The topological polar surface area (TPSA) is 50.8 Å². The molecule has 3 heterocycles. The Kier molecular flexibility index (Phi) is 7.16. The van der Waals surface area contributed by atoms with Gasteiger partial charge in [-0.2, -0.15) is 0 Å². The number of carbonyl (C=O) groups excluding carboxylic acids is 1. The summed E-state index contributed by atoms with van der Waals surface area (Å²) in [4.78, 5) is 15.4. The van der Waals surface area contributed by atoms with Crippen molar-refractivity contribution in [3.05, 3.63) is 100 Å². The van der Waals surface area contributed by atoms with E-state index in [1.54, 1.807) is 0 Å². The van der Waals surface area contributed by atoms with Gasteiger partial charge in [-0.15, -0.1) is 0 Å². The second-order valence-corrected chi connectivity index (χ2v) is 9.97. The average Bonchev–Trinajstić information content (AvgIpc) is 2.88. The number of nitrogens with one attached hydrogen (secondary N) is 1. The second-order valence-electron chi connectivity index (χ2n) is 9.06. The fraction of sp³-hybridized carbons (Fsp3) is 0.321. The third kappa shape index (κ3) is 5.62. The van der Waals surface area contributed by atoms with E-state index in [1.807, 2.05) is 78.9 Å². The molecule has 0 saturated carbocycles. The number of alkyl carbamates (subject to hydrolysis) is 1.